The van der Waals surface area contributed by atoms with Crippen LogP contribution >= 0.6 is 0 Å². The molecular formula is C5H9NO4. The number of carbonyl (C=O) groups is 1. The zero-order chi connectivity index (χ0) is 7.98. The van der Waals surface area contributed by atoms with Crippen molar-refractivity contribution in [3.63, 3.8) is 0 Å². The van der Waals surface area contributed by atoms with Gasteiger partial charge < -0.3 is 4.84 Å². The molecule has 0 fully saturated rings. The molecule has 0 bridgehead atoms. The van der Waals surface area contributed by atoms with Crippen LogP contribution in [0.1, 0.15) is 19.8 Å². The van der Waals surface area contributed by atoms with Crippen LogP contribution in [0.4, 0.5) is 0 Å². The van der Waals surface area contributed by atoms with Crippen LogP contribution in [0, 0.1) is 10.1 Å². The lowest BCUT2D eigenvalue weighted by molar-refractivity contribution is -0.754. The summed E-state index contributed by atoms with van der Waals surface area (Å²) in [5.41, 5.74) is 0. The van der Waals surface area contributed by atoms with Crippen LogP contribution in [0.3, 0.4) is 0 Å². The van der Waals surface area contributed by atoms with Gasteiger partial charge in [0.15, 0.2) is 12.4 Å². The molecule has 0 atom stereocenters. The first-order valence-electron chi connectivity index (χ1n) is 2.95. The van der Waals surface area contributed by atoms with Crippen molar-refractivity contribution in [1.29, 1.82) is 0 Å². The Labute approximate surface area is 58.1 Å². The lowest BCUT2D eigenvalue weighted by Crippen LogP contribution is -2.11. The highest BCUT2D eigenvalue weighted by atomic mass is 16.9. The van der Waals surface area contributed by atoms with E-state index in [9.17, 15) is 14.9 Å². The van der Waals surface area contributed by atoms with Crippen molar-refractivity contribution in [1.82, 2.24) is 0 Å². The van der Waals surface area contributed by atoms with Crippen molar-refractivity contribution in [2.45, 2.75) is 19.8 Å². The van der Waals surface area contributed by atoms with Gasteiger partial charge in [-0.25, -0.2) is 0 Å². The molecule has 0 aliphatic heterocycles. The number of hydrogen-bond acceptors (Lipinski definition) is 4. The topological polar surface area (TPSA) is 69.4 Å². The molecule has 5 heteroatoms. The number of nitrogens with zero attached hydrogens (tertiary/aromatic N) is 1. The minimum atomic E-state index is -0.965. The number of rotatable bonds is 5. The minimum Gasteiger partial charge on any atom is -0.306 e. The van der Waals surface area contributed by atoms with E-state index in [1.165, 1.54) is 0 Å². The fraction of sp³-hybridized carbons (Fsp3) is 0.800. The van der Waals surface area contributed by atoms with Gasteiger partial charge in [0, 0.05) is 6.42 Å². The molecule has 0 spiro atoms. The lowest BCUT2D eigenvalue weighted by Gasteiger charge is -1.94. The van der Waals surface area contributed by atoms with Gasteiger partial charge in [0.25, 0.3) is 5.09 Å². The van der Waals surface area contributed by atoms with Crippen LogP contribution in [0.5, 0.6) is 0 Å². The standard InChI is InChI=1S/C5H9NO4/c1-2-3-5(7)4-10-6(8)9/h2-4H2,1H3. The summed E-state index contributed by atoms with van der Waals surface area (Å²) >= 11 is 0. The van der Waals surface area contributed by atoms with Crippen LogP contribution in [0.15, 0.2) is 0 Å². The first kappa shape index (κ1) is 8.87. The van der Waals surface area contributed by atoms with Crippen LogP contribution in [0.2, 0.25) is 0 Å². The molecule has 0 amide bonds. The molecule has 0 radical (unpaired) electrons. The lowest BCUT2D eigenvalue weighted by atomic mass is 10.2. The van der Waals surface area contributed by atoms with E-state index in [0.717, 1.165) is 0 Å². The van der Waals surface area contributed by atoms with Crippen LogP contribution < -0.4 is 0 Å². The van der Waals surface area contributed by atoms with E-state index in [1.807, 2.05) is 6.92 Å². The van der Waals surface area contributed by atoms with Crippen molar-refractivity contribution in [3.05, 3.63) is 10.1 Å². The molecule has 0 aromatic carbocycles. The van der Waals surface area contributed by atoms with Crippen molar-refractivity contribution >= 4 is 5.78 Å². The largest absolute Gasteiger partial charge is 0.306 e. The molecular weight excluding hydrogens is 138 g/mol. The molecule has 0 saturated heterocycles. The zero-order valence-corrected chi connectivity index (χ0v) is 5.70. The summed E-state index contributed by atoms with van der Waals surface area (Å²) in [7, 11) is 0. The molecule has 0 aromatic heterocycles. The second-order valence-electron chi connectivity index (χ2n) is 1.79. The number of carbonyl (C=O) groups excluding carboxylic acids is 1. The van der Waals surface area contributed by atoms with Gasteiger partial charge in [0.05, 0.1) is 0 Å². The first-order valence-corrected chi connectivity index (χ1v) is 2.95. The fourth-order valence-electron chi connectivity index (χ4n) is 0.476. The summed E-state index contributed by atoms with van der Waals surface area (Å²) in [6.45, 7) is 1.41. The average molecular weight is 147 g/mol. The third-order valence-corrected chi connectivity index (χ3v) is 0.860. The molecule has 0 saturated carbocycles. The molecule has 5 nitrogen and oxygen atoms in total. The Morgan fingerprint density at radius 3 is 2.70 bits per heavy atom. The summed E-state index contributed by atoms with van der Waals surface area (Å²) in [4.78, 5) is 23.9. The Bertz CT molecular complexity index is 134. The van der Waals surface area contributed by atoms with E-state index < -0.39 is 11.7 Å². The zero-order valence-electron chi connectivity index (χ0n) is 5.70. The van der Waals surface area contributed by atoms with Gasteiger partial charge in [0.2, 0.25) is 0 Å². The molecule has 0 N–H and O–H groups in total. The van der Waals surface area contributed by atoms with E-state index in [2.05, 4.69) is 4.84 Å². The van der Waals surface area contributed by atoms with Crippen LogP contribution in [-0.2, 0) is 9.63 Å². The maximum absolute atomic E-state index is 10.5. The molecule has 0 unspecified atom stereocenters. The average Bonchev–Trinajstić information content (AvgIpc) is 1.85. The number of Topliss-reactive ketones (excluding diaryl/α,β-unsaturated/α-hetero) is 1. The highest BCUT2D eigenvalue weighted by Crippen LogP contribution is 1.89. The Morgan fingerprint density at radius 2 is 2.30 bits per heavy atom. The number of ketones is 1. The molecule has 0 aromatic rings. The van der Waals surface area contributed by atoms with E-state index in [4.69, 9.17) is 0 Å². The van der Waals surface area contributed by atoms with Gasteiger partial charge >= 0.3 is 0 Å². The highest BCUT2D eigenvalue weighted by Gasteiger charge is 2.02. The second kappa shape index (κ2) is 4.72. The SMILES string of the molecule is CCCC(=O)CO[N+](=O)[O-]. The predicted molar refractivity (Wildman–Crippen MR) is 32.9 cm³/mol. The third-order valence-electron chi connectivity index (χ3n) is 0.860. The van der Waals surface area contributed by atoms with Crippen molar-refractivity contribution in [3.8, 4) is 0 Å². The minimum absolute atomic E-state index is 0.237. The molecule has 0 heterocycles. The van der Waals surface area contributed by atoms with E-state index in [1.54, 1.807) is 0 Å². The van der Waals surface area contributed by atoms with Crippen LogP contribution in [0.25, 0.3) is 0 Å². The molecule has 0 aliphatic carbocycles. The van der Waals surface area contributed by atoms with Gasteiger partial charge in [0.1, 0.15) is 0 Å². The predicted octanol–water partition coefficient (Wildman–Crippen LogP) is 0.564. The second-order valence-corrected chi connectivity index (χ2v) is 1.79. The summed E-state index contributed by atoms with van der Waals surface area (Å²) in [5.74, 6) is -0.237. The summed E-state index contributed by atoms with van der Waals surface area (Å²) < 4.78 is 0. The monoisotopic (exact) mass is 147 g/mol. The normalized spacial score (nSPS) is 8.90. The molecule has 58 valence electrons. The Balaban J connectivity index is 3.30. The van der Waals surface area contributed by atoms with Gasteiger partial charge in [-0.3, -0.25) is 4.79 Å². The molecule has 0 rings (SSSR count). The highest BCUT2D eigenvalue weighted by molar-refractivity contribution is 5.79. The van der Waals surface area contributed by atoms with E-state index >= 15 is 0 Å². The summed E-state index contributed by atoms with van der Waals surface area (Å²) in [6, 6.07) is 0. The van der Waals surface area contributed by atoms with Gasteiger partial charge in [-0.05, 0) is 6.42 Å². The Kier molecular flexibility index (Phi) is 4.19. The third kappa shape index (κ3) is 5.02. The number of hydrogen-bond donors (Lipinski definition) is 0. The van der Waals surface area contributed by atoms with Gasteiger partial charge in [-0.2, -0.15) is 0 Å². The first-order chi connectivity index (χ1) is 4.66. The van der Waals surface area contributed by atoms with Crippen LogP contribution in [-0.4, -0.2) is 17.5 Å². The van der Waals surface area contributed by atoms with E-state index in [-0.39, 0.29) is 5.78 Å². The summed E-state index contributed by atoms with van der Waals surface area (Å²) in [6.07, 6.45) is 1.04. The Morgan fingerprint density at radius 1 is 1.70 bits per heavy atom. The van der Waals surface area contributed by atoms with Gasteiger partial charge in [-0.1, -0.05) is 6.92 Å². The van der Waals surface area contributed by atoms with Crippen molar-refractivity contribution < 1.29 is 14.7 Å². The Hall–Kier alpha value is -1.13. The van der Waals surface area contributed by atoms with Crippen molar-refractivity contribution in [2.75, 3.05) is 6.61 Å². The molecule has 0 aliphatic rings. The smallest absolute Gasteiger partial charge is 0.294 e. The van der Waals surface area contributed by atoms with Gasteiger partial charge in [-0.15, -0.1) is 10.1 Å². The van der Waals surface area contributed by atoms with E-state index in [0.29, 0.717) is 12.8 Å². The molecule has 10 heavy (non-hydrogen) atoms. The van der Waals surface area contributed by atoms with Crippen molar-refractivity contribution in [2.24, 2.45) is 0 Å². The summed E-state index contributed by atoms with van der Waals surface area (Å²) in [5, 5.41) is 8.57. The fourth-order valence-corrected chi connectivity index (χ4v) is 0.476. The maximum Gasteiger partial charge on any atom is 0.294 e. The maximum atomic E-state index is 10.5. The quantitative estimate of drug-likeness (QED) is 0.421.